The molecule has 0 bridgehead atoms. The van der Waals surface area contributed by atoms with Gasteiger partial charge in [0.15, 0.2) is 0 Å². The molecule has 0 spiro atoms. The highest BCUT2D eigenvalue weighted by molar-refractivity contribution is 7.22. The van der Waals surface area contributed by atoms with Crippen molar-refractivity contribution < 1.29 is 4.39 Å². The number of fused-ring (bicyclic) bond motifs is 2. The molecule has 5 aromatic rings. The van der Waals surface area contributed by atoms with Crippen LogP contribution in [0.4, 0.5) is 4.39 Å². The van der Waals surface area contributed by atoms with Crippen LogP contribution < -0.4 is 11.2 Å². The van der Waals surface area contributed by atoms with Gasteiger partial charge >= 0.3 is 5.69 Å². The summed E-state index contributed by atoms with van der Waals surface area (Å²) in [7, 11) is 0. The predicted octanol–water partition coefficient (Wildman–Crippen LogP) is 3.73. The minimum absolute atomic E-state index is 0.311. The van der Waals surface area contributed by atoms with Gasteiger partial charge < -0.3 is 4.98 Å². The first kappa shape index (κ1) is 16.6. The molecule has 2 aromatic carbocycles. The molecule has 0 unspecified atom stereocenters. The van der Waals surface area contributed by atoms with E-state index in [4.69, 9.17) is 0 Å². The van der Waals surface area contributed by atoms with Crippen LogP contribution in [0, 0.1) is 12.7 Å². The summed E-state index contributed by atoms with van der Waals surface area (Å²) in [6.45, 7) is 1.83. The molecule has 0 saturated carbocycles. The van der Waals surface area contributed by atoms with Gasteiger partial charge in [0.25, 0.3) is 5.56 Å². The first-order chi connectivity index (χ1) is 13.5. The Morgan fingerprint density at radius 1 is 1.04 bits per heavy atom. The van der Waals surface area contributed by atoms with Crippen LogP contribution in [0.15, 0.2) is 58.1 Å². The summed E-state index contributed by atoms with van der Waals surface area (Å²) in [6.07, 6.45) is 0. The zero-order valence-electron chi connectivity index (χ0n) is 14.6. The second-order valence-corrected chi connectivity index (χ2v) is 7.43. The number of para-hydroxylation sites is 2. The number of rotatable bonds is 2. The molecule has 2 N–H and O–H groups in total. The smallest absolute Gasteiger partial charge is 0.334 e. The SMILES string of the molecule is Cc1c(-c2nc3ccccc3[nH]2)sc2[nH]c(=O)n(-c3ccc(F)cc3)c(=O)c12. The molecule has 0 radical (unpaired) electrons. The Morgan fingerprint density at radius 2 is 1.79 bits per heavy atom. The van der Waals surface area contributed by atoms with E-state index < -0.39 is 17.1 Å². The molecule has 6 nitrogen and oxygen atoms in total. The molecule has 0 aliphatic carbocycles. The summed E-state index contributed by atoms with van der Waals surface area (Å²) in [6, 6.07) is 12.9. The lowest BCUT2D eigenvalue weighted by Crippen LogP contribution is -2.33. The third-order valence-electron chi connectivity index (χ3n) is 4.68. The number of halogens is 1. The average Bonchev–Trinajstić information content (AvgIpc) is 3.24. The van der Waals surface area contributed by atoms with Crippen molar-refractivity contribution >= 4 is 32.6 Å². The molecule has 5 rings (SSSR count). The van der Waals surface area contributed by atoms with Crippen molar-refractivity contribution in [2.24, 2.45) is 0 Å². The average molecular weight is 392 g/mol. The minimum atomic E-state index is -0.568. The summed E-state index contributed by atoms with van der Waals surface area (Å²) >= 11 is 1.30. The number of H-pyrrole nitrogens is 2. The van der Waals surface area contributed by atoms with Crippen molar-refractivity contribution in [2.45, 2.75) is 6.92 Å². The van der Waals surface area contributed by atoms with Crippen molar-refractivity contribution in [1.82, 2.24) is 19.5 Å². The third-order valence-corrected chi connectivity index (χ3v) is 5.89. The second kappa shape index (κ2) is 6.00. The van der Waals surface area contributed by atoms with E-state index in [1.165, 1.54) is 35.6 Å². The van der Waals surface area contributed by atoms with E-state index in [-0.39, 0.29) is 0 Å². The van der Waals surface area contributed by atoms with Gasteiger partial charge in [-0.2, -0.15) is 0 Å². The van der Waals surface area contributed by atoms with Gasteiger partial charge in [0.2, 0.25) is 0 Å². The largest absolute Gasteiger partial charge is 0.337 e. The van der Waals surface area contributed by atoms with Gasteiger partial charge in [0.05, 0.1) is 27.0 Å². The number of nitrogens with one attached hydrogen (secondary N) is 2. The van der Waals surface area contributed by atoms with Gasteiger partial charge in [-0.05, 0) is 48.9 Å². The van der Waals surface area contributed by atoms with Crippen molar-refractivity contribution in [3.63, 3.8) is 0 Å². The van der Waals surface area contributed by atoms with Gasteiger partial charge in [0.1, 0.15) is 16.5 Å². The fourth-order valence-corrected chi connectivity index (χ4v) is 4.46. The topological polar surface area (TPSA) is 83.5 Å². The van der Waals surface area contributed by atoms with Gasteiger partial charge in [-0.1, -0.05) is 12.1 Å². The Bertz CT molecular complexity index is 1440. The molecule has 0 aliphatic heterocycles. The van der Waals surface area contributed by atoms with E-state index in [0.717, 1.165) is 26.0 Å². The first-order valence-corrected chi connectivity index (χ1v) is 9.34. The van der Waals surface area contributed by atoms with Gasteiger partial charge in [0, 0.05) is 0 Å². The number of nitrogens with zero attached hydrogens (tertiary/aromatic N) is 2. The minimum Gasteiger partial charge on any atom is -0.337 e. The number of benzene rings is 2. The Balaban J connectivity index is 1.77. The number of hydrogen-bond acceptors (Lipinski definition) is 4. The number of hydrogen-bond donors (Lipinski definition) is 2. The number of thiophene rings is 1. The lowest BCUT2D eigenvalue weighted by atomic mass is 10.2. The molecule has 138 valence electrons. The summed E-state index contributed by atoms with van der Waals surface area (Å²) in [4.78, 5) is 37.5. The Labute approximate surface area is 160 Å². The Kier molecular flexibility index (Phi) is 3.56. The standard InChI is InChI=1S/C20H13FN4O2S/c1-10-15-18(28-16(10)17-22-13-4-2-3-5-14(13)23-17)24-20(27)25(19(15)26)12-8-6-11(21)7-9-12/h2-9H,1H3,(H,22,23)(H,24,27). The van der Waals surface area contributed by atoms with Crippen LogP contribution in [0.25, 0.3) is 37.6 Å². The Morgan fingerprint density at radius 3 is 2.54 bits per heavy atom. The number of aromatic nitrogens is 4. The number of aromatic amines is 2. The molecule has 3 aromatic heterocycles. The summed E-state index contributed by atoms with van der Waals surface area (Å²) in [5.41, 5.74) is 1.75. The fraction of sp³-hybridized carbons (Fsp3) is 0.0500. The van der Waals surface area contributed by atoms with Crippen molar-refractivity contribution in [1.29, 1.82) is 0 Å². The molecule has 0 aliphatic rings. The monoisotopic (exact) mass is 392 g/mol. The van der Waals surface area contributed by atoms with Crippen LogP contribution in [0.3, 0.4) is 0 Å². The third kappa shape index (κ3) is 2.42. The van der Waals surface area contributed by atoms with Crippen LogP contribution in [-0.2, 0) is 0 Å². The summed E-state index contributed by atoms with van der Waals surface area (Å²) in [5.74, 6) is 0.210. The van der Waals surface area contributed by atoms with Crippen LogP contribution in [-0.4, -0.2) is 19.5 Å². The summed E-state index contributed by atoms with van der Waals surface area (Å²) in [5, 5.41) is 0.421. The highest BCUT2D eigenvalue weighted by Gasteiger charge is 2.19. The molecule has 3 heterocycles. The van der Waals surface area contributed by atoms with E-state index in [2.05, 4.69) is 15.0 Å². The van der Waals surface area contributed by atoms with E-state index >= 15 is 0 Å². The lowest BCUT2D eigenvalue weighted by Gasteiger charge is -2.04. The van der Waals surface area contributed by atoms with Crippen molar-refractivity contribution in [3.8, 4) is 16.4 Å². The zero-order chi connectivity index (χ0) is 19.4. The maximum Gasteiger partial charge on any atom is 0.334 e. The van der Waals surface area contributed by atoms with Crippen LogP contribution >= 0.6 is 11.3 Å². The molecule has 0 amide bonds. The predicted molar refractivity (Wildman–Crippen MR) is 108 cm³/mol. The number of imidazole rings is 1. The Hall–Kier alpha value is -3.52. The van der Waals surface area contributed by atoms with Crippen molar-refractivity contribution in [3.05, 3.63) is 80.7 Å². The van der Waals surface area contributed by atoms with E-state index in [0.29, 0.717) is 21.7 Å². The zero-order valence-corrected chi connectivity index (χ0v) is 15.4. The van der Waals surface area contributed by atoms with Crippen LogP contribution in [0.5, 0.6) is 0 Å². The van der Waals surface area contributed by atoms with Gasteiger partial charge in [-0.15, -0.1) is 11.3 Å². The fourth-order valence-electron chi connectivity index (χ4n) is 3.33. The molecule has 0 saturated heterocycles. The van der Waals surface area contributed by atoms with Crippen LogP contribution in [0.1, 0.15) is 5.56 Å². The van der Waals surface area contributed by atoms with E-state index in [1.807, 2.05) is 31.2 Å². The highest BCUT2D eigenvalue weighted by atomic mass is 32.1. The molecule has 8 heteroatoms. The van der Waals surface area contributed by atoms with Crippen LogP contribution in [0.2, 0.25) is 0 Å². The maximum absolute atomic E-state index is 13.2. The second-order valence-electron chi connectivity index (χ2n) is 6.41. The molecule has 0 fully saturated rings. The number of aryl methyl sites for hydroxylation is 1. The van der Waals surface area contributed by atoms with E-state index in [9.17, 15) is 14.0 Å². The van der Waals surface area contributed by atoms with Crippen molar-refractivity contribution in [2.75, 3.05) is 0 Å². The quantitative estimate of drug-likeness (QED) is 0.480. The van der Waals surface area contributed by atoms with Gasteiger partial charge in [-0.3, -0.25) is 9.78 Å². The normalized spacial score (nSPS) is 11.5. The lowest BCUT2D eigenvalue weighted by molar-refractivity contribution is 0.627. The molecular formula is C20H13FN4O2S. The first-order valence-electron chi connectivity index (χ1n) is 8.52. The maximum atomic E-state index is 13.2. The van der Waals surface area contributed by atoms with E-state index in [1.54, 1.807) is 0 Å². The highest BCUT2D eigenvalue weighted by Crippen LogP contribution is 2.34. The van der Waals surface area contributed by atoms with Gasteiger partial charge in [-0.25, -0.2) is 18.7 Å². The molecular weight excluding hydrogens is 379 g/mol. The summed E-state index contributed by atoms with van der Waals surface area (Å²) < 4.78 is 14.2. The molecule has 0 atom stereocenters. The molecule has 28 heavy (non-hydrogen) atoms.